The van der Waals surface area contributed by atoms with Gasteiger partial charge in [0.05, 0.1) is 25.4 Å². The summed E-state index contributed by atoms with van der Waals surface area (Å²) in [5.74, 6) is 0.246. The zero-order chi connectivity index (χ0) is 17.6. The lowest BCUT2D eigenvalue weighted by Crippen LogP contribution is -2.30. The van der Waals surface area contributed by atoms with Gasteiger partial charge in [-0.3, -0.25) is 9.59 Å². The topological polar surface area (TPSA) is 59.2 Å². The molecule has 4 aliphatic rings. The molecule has 0 bridgehead atoms. The fourth-order valence-electron chi connectivity index (χ4n) is 3.80. The SMILES string of the molecule is CC(C)(C1=CC=C(CC2CO2)CC1=O)C1=CC=C(CC2CO2)CC1=O. The predicted octanol–water partition coefficient (Wildman–Crippen LogP) is 3.24. The van der Waals surface area contributed by atoms with Crippen LogP contribution in [0.5, 0.6) is 0 Å². The monoisotopic (exact) mass is 340 g/mol. The van der Waals surface area contributed by atoms with Gasteiger partial charge in [0.2, 0.25) is 0 Å². The lowest BCUT2D eigenvalue weighted by molar-refractivity contribution is -0.116. The maximum Gasteiger partial charge on any atom is 0.163 e. The van der Waals surface area contributed by atoms with Crippen LogP contribution in [0.4, 0.5) is 0 Å². The Kier molecular flexibility index (Phi) is 4.13. The zero-order valence-corrected chi connectivity index (χ0v) is 14.8. The first-order valence-electron chi connectivity index (χ1n) is 9.03. The van der Waals surface area contributed by atoms with Gasteiger partial charge < -0.3 is 9.47 Å². The minimum absolute atomic E-state index is 0.123. The number of hydrogen-bond acceptors (Lipinski definition) is 4. The van der Waals surface area contributed by atoms with E-state index in [1.165, 1.54) is 0 Å². The molecule has 2 saturated heterocycles. The van der Waals surface area contributed by atoms with Crippen LogP contribution < -0.4 is 0 Å². The maximum atomic E-state index is 12.7. The van der Waals surface area contributed by atoms with E-state index < -0.39 is 5.41 Å². The fraction of sp³-hybridized carbons (Fsp3) is 0.524. The van der Waals surface area contributed by atoms with Crippen molar-refractivity contribution >= 4 is 11.6 Å². The smallest absolute Gasteiger partial charge is 0.163 e. The summed E-state index contributed by atoms with van der Waals surface area (Å²) in [5, 5.41) is 0. The van der Waals surface area contributed by atoms with Crippen LogP contribution in [0, 0.1) is 5.41 Å². The van der Waals surface area contributed by atoms with Gasteiger partial charge in [-0.2, -0.15) is 0 Å². The number of rotatable bonds is 6. The van der Waals surface area contributed by atoms with E-state index in [2.05, 4.69) is 0 Å². The second-order valence-electron chi connectivity index (χ2n) is 7.95. The molecule has 0 amide bonds. The maximum absolute atomic E-state index is 12.7. The van der Waals surface area contributed by atoms with E-state index in [4.69, 9.17) is 9.47 Å². The number of ether oxygens (including phenoxy) is 2. The fourth-order valence-corrected chi connectivity index (χ4v) is 3.80. The summed E-state index contributed by atoms with van der Waals surface area (Å²) in [5.41, 5.74) is 3.15. The van der Waals surface area contributed by atoms with E-state index in [1.54, 1.807) is 0 Å². The molecule has 0 aromatic carbocycles. The Morgan fingerprint density at radius 2 is 1.24 bits per heavy atom. The van der Waals surface area contributed by atoms with Crippen LogP contribution in [0.15, 0.2) is 46.6 Å². The standard InChI is InChI=1S/C21H24O4/c1-21(2,17-5-3-13(9-19(17)22)7-15-11-24-15)18-6-4-14(10-20(18)23)8-16-12-25-16/h3-6,15-16H,7-12H2,1-2H3. The molecule has 4 rings (SSSR count). The third kappa shape index (κ3) is 3.60. The van der Waals surface area contributed by atoms with Gasteiger partial charge in [0.1, 0.15) is 0 Å². The van der Waals surface area contributed by atoms with Crippen molar-refractivity contribution < 1.29 is 19.1 Å². The average molecular weight is 340 g/mol. The molecule has 2 unspecified atom stereocenters. The molecular formula is C21H24O4. The summed E-state index contributed by atoms with van der Waals surface area (Å²) >= 11 is 0. The third-order valence-electron chi connectivity index (χ3n) is 5.48. The Hall–Kier alpha value is -1.78. The van der Waals surface area contributed by atoms with E-state index in [1.807, 2.05) is 38.2 Å². The Labute approximate surface area is 148 Å². The van der Waals surface area contributed by atoms with Crippen molar-refractivity contribution in [2.75, 3.05) is 13.2 Å². The van der Waals surface area contributed by atoms with Crippen molar-refractivity contribution in [2.24, 2.45) is 5.41 Å². The van der Waals surface area contributed by atoms with E-state index in [9.17, 15) is 9.59 Å². The molecule has 2 aliphatic heterocycles. The molecule has 0 spiro atoms. The number of hydrogen-bond donors (Lipinski definition) is 0. The summed E-state index contributed by atoms with van der Waals surface area (Å²) in [6.45, 7) is 5.56. The number of Topliss-reactive ketones (excluding diaryl/α,β-unsaturated/α-hetero) is 2. The van der Waals surface area contributed by atoms with Gasteiger partial charge in [-0.15, -0.1) is 0 Å². The van der Waals surface area contributed by atoms with Crippen molar-refractivity contribution in [3.8, 4) is 0 Å². The molecule has 0 aromatic rings. The highest BCUT2D eigenvalue weighted by atomic mass is 16.6. The van der Waals surface area contributed by atoms with E-state index in [-0.39, 0.29) is 11.6 Å². The Morgan fingerprint density at radius 1 is 0.840 bits per heavy atom. The first-order valence-corrected chi connectivity index (χ1v) is 9.03. The van der Waals surface area contributed by atoms with Crippen LogP contribution in [-0.4, -0.2) is 37.0 Å². The van der Waals surface area contributed by atoms with Crippen molar-refractivity contribution in [1.82, 2.24) is 0 Å². The van der Waals surface area contributed by atoms with Gasteiger partial charge >= 0.3 is 0 Å². The molecule has 2 heterocycles. The molecule has 0 radical (unpaired) electrons. The zero-order valence-electron chi connectivity index (χ0n) is 14.8. The molecule has 25 heavy (non-hydrogen) atoms. The number of carbonyl (C=O) groups excluding carboxylic acids is 2. The highest BCUT2D eigenvalue weighted by molar-refractivity contribution is 6.06. The Balaban J connectivity index is 1.55. The molecule has 2 fully saturated rings. The molecule has 4 heteroatoms. The number of epoxide rings is 2. The summed E-state index contributed by atoms with van der Waals surface area (Å²) in [6, 6.07) is 0. The second-order valence-corrected chi connectivity index (χ2v) is 7.95. The minimum Gasteiger partial charge on any atom is -0.373 e. The predicted molar refractivity (Wildman–Crippen MR) is 94.1 cm³/mol. The van der Waals surface area contributed by atoms with Crippen molar-refractivity contribution in [3.05, 3.63) is 46.6 Å². The van der Waals surface area contributed by atoms with Crippen LogP contribution in [-0.2, 0) is 19.1 Å². The van der Waals surface area contributed by atoms with E-state index in [0.29, 0.717) is 25.0 Å². The molecule has 0 N–H and O–H groups in total. The van der Waals surface area contributed by atoms with Crippen LogP contribution in [0.25, 0.3) is 0 Å². The van der Waals surface area contributed by atoms with Crippen LogP contribution in [0.2, 0.25) is 0 Å². The number of ketones is 2. The van der Waals surface area contributed by atoms with Crippen molar-refractivity contribution in [2.45, 2.75) is 51.7 Å². The van der Waals surface area contributed by atoms with Gasteiger partial charge in [-0.25, -0.2) is 0 Å². The summed E-state index contributed by atoms with van der Waals surface area (Å²) in [6.07, 6.45) is 11.1. The first kappa shape index (κ1) is 16.7. The van der Waals surface area contributed by atoms with Gasteiger partial charge in [0.15, 0.2) is 11.6 Å². The van der Waals surface area contributed by atoms with Gasteiger partial charge in [0, 0.05) is 29.4 Å². The van der Waals surface area contributed by atoms with E-state index >= 15 is 0 Å². The Morgan fingerprint density at radius 3 is 1.56 bits per heavy atom. The van der Waals surface area contributed by atoms with E-state index in [0.717, 1.165) is 48.3 Å². The molecule has 2 atom stereocenters. The third-order valence-corrected chi connectivity index (χ3v) is 5.48. The van der Waals surface area contributed by atoms with Gasteiger partial charge in [0.25, 0.3) is 0 Å². The normalized spacial score (nSPS) is 28.9. The molecule has 0 aromatic heterocycles. The van der Waals surface area contributed by atoms with Crippen molar-refractivity contribution in [3.63, 3.8) is 0 Å². The van der Waals surface area contributed by atoms with Crippen LogP contribution in [0.3, 0.4) is 0 Å². The molecule has 132 valence electrons. The minimum atomic E-state index is -0.565. The summed E-state index contributed by atoms with van der Waals surface area (Å²) < 4.78 is 10.5. The lowest BCUT2D eigenvalue weighted by Gasteiger charge is -2.32. The highest BCUT2D eigenvalue weighted by Crippen LogP contribution is 2.41. The molecule has 0 saturated carbocycles. The lowest BCUT2D eigenvalue weighted by atomic mass is 9.69. The molecule has 2 aliphatic carbocycles. The van der Waals surface area contributed by atoms with Crippen LogP contribution in [0.1, 0.15) is 39.5 Å². The first-order chi connectivity index (χ1) is 11.9. The van der Waals surface area contributed by atoms with Gasteiger partial charge in [-0.1, -0.05) is 49.3 Å². The number of carbonyl (C=O) groups is 2. The quantitative estimate of drug-likeness (QED) is 0.697. The largest absolute Gasteiger partial charge is 0.373 e. The van der Waals surface area contributed by atoms with Crippen LogP contribution >= 0.6 is 0 Å². The molecule has 4 nitrogen and oxygen atoms in total. The van der Waals surface area contributed by atoms with Gasteiger partial charge in [-0.05, 0) is 12.8 Å². The Bertz CT molecular complexity index is 678. The summed E-state index contributed by atoms with van der Waals surface area (Å²) in [7, 11) is 0. The number of allylic oxidation sites excluding steroid dienone is 6. The second kappa shape index (κ2) is 6.19. The highest BCUT2D eigenvalue weighted by Gasteiger charge is 2.38. The molecular weight excluding hydrogens is 316 g/mol. The summed E-state index contributed by atoms with van der Waals surface area (Å²) in [4.78, 5) is 25.4. The van der Waals surface area contributed by atoms with Crippen molar-refractivity contribution in [1.29, 1.82) is 0 Å². The average Bonchev–Trinajstić information content (AvgIpc) is 3.44.